The van der Waals surface area contributed by atoms with Crippen LogP contribution in [0.4, 0.5) is 4.39 Å². The molecule has 0 radical (unpaired) electrons. The molecule has 0 saturated carbocycles. The van der Waals surface area contributed by atoms with Gasteiger partial charge in [-0.3, -0.25) is 0 Å². The van der Waals surface area contributed by atoms with Crippen molar-refractivity contribution in [1.29, 1.82) is 0 Å². The first-order valence-electron chi connectivity index (χ1n) is 6.15. The van der Waals surface area contributed by atoms with Gasteiger partial charge in [0.2, 0.25) is 0 Å². The summed E-state index contributed by atoms with van der Waals surface area (Å²) in [5, 5.41) is 3.41. The summed E-state index contributed by atoms with van der Waals surface area (Å²) >= 11 is 0. The average molecular weight is 223 g/mol. The van der Waals surface area contributed by atoms with Crippen molar-refractivity contribution in [2.24, 2.45) is 0 Å². The molecule has 0 amide bonds. The molecule has 16 heavy (non-hydrogen) atoms. The van der Waals surface area contributed by atoms with Gasteiger partial charge in [-0.2, -0.15) is 0 Å². The van der Waals surface area contributed by atoms with Crippen molar-refractivity contribution in [1.82, 2.24) is 5.32 Å². The predicted octanol–water partition coefficient (Wildman–Crippen LogP) is 3.80. The van der Waals surface area contributed by atoms with Gasteiger partial charge in [-0.15, -0.1) is 0 Å². The molecule has 0 heterocycles. The first kappa shape index (κ1) is 13.2. The maximum absolute atomic E-state index is 13.5. The van der Waals surface area contributed by atoms with Crippen LogP contribution in [0.3, 0.4) is 0 Å². The Balaban J connectivity index is 2.55. The minimum atomic E-state index is -0.107. The van der Waals surface area contributed by atoms with Crippen LogP contribution in [-0.4, -0.2) is 6.04 Å². The standard InChI is InChI=1S/C14H22FN/c1-4-6-13(5-2)16-10-12-9-11(3)7-8-14(12)15/h7-9,13,16H,4-6,10H2,1-3H3. The molecule has 0 spiro atoms. The Kier molecular flexibility index (Phi) is 5.47. The van der Waals surface area contributed by atoms with Gasteiger partial charge in [-0.1, -0.05) is 38.0 Å². The molecule has 2 heteroatoms. The van der Waals surface area contributed by atoms with E-state index in [9.17, 15) is 4.39 Å². The van der Waals surface area contributed by atoms with Crippen LogP contribution < -0.4 is 5.32 Å². The Morgan fingerprint density at radius 2 is 2.06 bits per heavy atom. The van der Waals surface area contributed by atoms with E-state index < -0.39 is 0 Å². The van der Waals surface area contributed by atoms with Gasteiger partial charge >= 0.3 is 0 Å². The van der Waals surface area contributed by atoms with Gasteiger partial charge in [0, 0.05) is 18.2 Å². The fourth-order valence-electron chi connectivity index (χ4n) is 1.89. The van der Waals surface area contributed by atoms with E-state index in [-0.39, 0.29) is 5.82 Å². The summed E-state index contributed by atoms with van der Waals surface area (Å²) in [6, 6.07) is 5.78. The highest BCUT2D eigenvalue weighted by Crippen LogP contribution is 2.11. The van der Waals surface area contributed by atoms with Gasteiger partial charge in [0.25, 0.3) is 0 Å². The third-order valence-corrected chi connectivity index (χ3v) is 2.91. The molecule has 1 aromatic carbocycles. The van der Waals surface area contributed by atoms with E-state index in [4.69, 9.17) is 0 Å². The van der Waals surface area contributed by atoms with Crippen LogP contribution in [0.2, 0.25) is 0 Å². The molecule has 1 rings (SSSR count). The van der Waals surface area contributed by atoms with Crippen LogP contribution in [0.15, 0.2) is 18.2 Å². The van der Waals surface area contributed by atoms with Crippen LogP contribution in [0.1, 0.15) is 44.2 Å². The second kappa shape index (κ2) is 6.64. The fraction of sp³-hybridized carbons (Fsp3) is 0.571. The number of halogens is 1. The van der Waals surface area contributed by atoms with Crippen LogP contribution in [-0.2, 0) is 6.54 Å². The number of aryl methyl sites for hydroxylation is 1. The number of hydrogen-bond donors (Lipinski definition) is 1. The number of hydrogen-bond acceptors (Lipinski definition) is 1. The van der Waals surface area contributed by atoms with Crippen molar-refractivity contribution in [3.8, 4) is 0 Å². The molecular formula is C14H22FN. The van der Waals surface area contributed by atoms with E-state index in [1.54, 1.807) is 6.07 Å². The van der Waals surface area contributed by atoms with Crippen molar-refractivity contribution in [3.63, 3.8) is 0 Å². The molecule has 0 bridgehead atoms. The zero-order valence-electron chi connectivity index (χ0n) is 10.5. The van der Waals surface area contributed by atoms with Crippen LogP contribution in [0.5, 0.6) is 0 Å². The van der Waals surface area contributed by atoms with Crippen LogP contribution >= 0.6 is 0 Å². The summed E-state index contributed by atoms with van der Waals surface area (Å²) in [6.07, 6.45) is 3.42. The molecule has 90 valence electrons. The summed E-state index contributed by atoms with van der Waals surface area (Å²) in [5.74, 6) is -0.107. The quantitative estimate of drug-likeness (QED) is 0.773. The molecule has 0 fully saturated rings. The first-order chi connectivity index (χ1) is 7.67. The molecule has 0 saturated heterocycles. The van der Waals surface area contributed by atoms with E-state index >= 15 is 0 Å². The van der Waals surface area contributed by atoms with Gasteiger partial charge < -0.3 is 5.32 Å². The molecule has 1 unspecified atom stereocenters. The molecule has 1 aromatic rings. The number of rotatable bonds is 6. The fourth-order valence-corrected chi connectivity index (χ4v) is 1.89. The maximum Gasteiger partial charge on any atom is 0.127 e. The first-order valence-corrected chi connectivity index (χ1v) is 6.15. The van der Waals surface area contributed by atoms with Crippen molar-refractivity contribution in [2.45, 2.75) is 52.6 Å². The van der Waals surface area contributed by atoms with E-state index in [1.807, 2.05) is 19.1 Å². The largest absolute Gasteiger partial charge is 0.310 e. The Morgan fingerprint density at radius 1 is 1.31 bits per heavy atom. The van der Waals surface area contributed by atoms with E-state index in [0.29, 0.717) is 12.6 Å². The van der Waals surface area contributed by atoms with Crippen LogP contribution in [0, 0.1) is 12.7 Å². The average Bonchev–Trinajstić information content (AvgIpc) is 2.28. The van der Waals surface area contributed by atoms with Crippen molar-refractivity contribution >= 4 is 0 Å². The van der Waals surface area contributed by atoms with Gasteiger partial charge in [0.1, 0.15) is 5.82 Å². The van der Waals surface area contributed by atoms with Crippen molar-refractivity contribution in [3.05, 3.63) is 35.1 Å². The summed E-state index contributed by atoms with van der Waals surface area (Å²) in [4.78, 5) is 0. The highest BCUT2D eigenvalue weighted by atomic mass is 19.1. The normalized spacial score (nSPS) is 12.8. The minimum absolute atomic E-state index is 0.107. The number of benzene rings is 1. The molecule has 0 aliphatic rings. The smallest absolute Gasteiger partial charge is 0.127 e. The lowest BCUT2D eigenvalue weighted by molar-refractivity contribution is 0.455. The maximum atomic E-state index is 13.5. The predicted molar refractivity (Wildman–Crippen MR) is 67.0 cm³/mol. The summed E-state index contributed by atoms with van der Waals surface area (Å²) in [5.41, 5.74) is 1.89. The Hall–Kier alpha value is -0.890. The van der Waals surface area contributed by atoms with E-state index in [1.165, 1.54) is 6.42 Å². The molecule has 0 aromatic heterocycles. The monoisotopic (exact) mass is 223 g/mol. The Labute approximate surface area is 98.1 Å². The topological polar surface area (TPSA) is 12.0 Å². The van der Waals surface area contributed by atoms with Gasteiger partial charge in [0.05, 0.1) is 0 Å². The second-order valence-corrected chi connectivity index (χ2v) is 4.37. The molecule has 0 aliphatic heterocycles. The van der Waals surface area contributed by atoms with Crippen LogP contribution in [0.25, 0.3) is 0 Å². The zero-order valence-corrected chi connectivity index (χ0v) is 10.5. The van der Waals surface area contributed by atoms with Gasteiger partial charge in [0.15, 0.2) is 0 Å². The summed E-state index contributed by atoms with van der Waals surface area (Å²) in [7, 11) is 0. The molecule has 1 nitrogen and oxygen atoms in total. The zero-order chi connectivity index (χ0) is 12.0. The lowest BCUT2D eigenvalue weighted by Crippen LogP contribution is -2.28. The highest BCUT2D eigenvalue weighted by molar-refractivity contribution is 5.23. The summed E-state index contributed by atoms with van der Waals surface area (Å²) < 4.78 is 13.5. The lowest BCUT2D eigenvalue weighted by atomic mass is 10.1. The van der Waals surface area contributed by atoms with E-state index in [2.05, 4.69) is 19.2 Å². The molecule has 0 aliphatic carbocycles. The van der Waals surface area contributed by atoms with Crippen molar-refractivity contribution in [2.75, 3.05) is 0 Å². The third-order valence-electron chi connectivity index (χ3n) is 2.91. The lowest BCUT2D eigenvalue weighted by Gasteiger charge is -2.16. The molecular weight excluding hydrogens is 201 g/mol. The molecule has 1 atom stereocenters. The van der Waals surface area contributed by atoms with Gasteiger partial charge in [-0.05, 0) is 25.8 Å². The number of nitrogens with one attached hydrogen (secondary N) is 1. The van der Waals surface area contributed by atoms with Gasteiger partial charge in [-0.25, -0.2) is 4.39 Å². The van der Waals surface area contributed by atoms with Crippen molar-refractivity contribution < 1.29 is 4.39 Å². The van der Waals surface area contributed by atoms with E-state index in [0.717, 1.165) is 24.0 Å². The Bertz CT molecular complexity index is 323. The molecule has 1 N–H and O–H groups in total. The summed E-state index contributed by atoms with van der Waals surface area (Å²) in [6.45, 7) is 6.97. The second-order valence-electron chi connectivity index (χ2n) is 4.37. The SMILES string of the molecule is CCCC(CC)NCc1cc(C)ccc1F. The minimum Gasteiger partial charge on any atom is -0.310 e. The highest BCUT2D eigenvalue weighted by Gasteiger charge is 2.06. The Morgan fingerprint density at radius 3 is 2.69 bits per heavy atom. The third kappa shape index (κ3) is 3.93.